The Hall–Kier alpha value is -4.43. The third-order valence-electron chi connectivity index (χ3n) is 6.16. The summed E-state index contributed by atoms with van der Waals surface area (Å²) in [6, 6.07) is 9.33. The normalized spacial score (nSPS) is 15.8. The van der Waals surface area contributed by atoms with E-state index in [-0.39, 0.29) is 48.4 Å². The quantitative estimate of drug-likeness (QED) is 0.267. The number of carbonyl (C=O) groups excluding carboxylic acids is 2. The molecule has 1 heterocycles. The Morgan fingerprint density at radius 1 is 1.15 bits per heavy atom. The summed E-state index contributed by atoms with van der Waals surface area (Å²) >= 11 is 0. The Balaban J connectivity index is 1.70. The van der Waals surface area contributed by atoms with Crippen molar-refractivity contribution in [2.75, 3.05) is 25.0 Å². The van der Waals surface area contributed by atoms with E-state index in [9.17, 15) is 29.7 Å². The molecule has 206 valence electrons. The first kappa shape index (κ1) is 29.1. The molecule has 39 heavy (non-hydrogen) atoms. The van der Waals surface area contributed by atoms with E-state index in [1.165, 1.54) is 18.2 Å². The Morgan fingerprint density at radius 2 is 1.90 bits per heavy atom. The number of amides is 1. The number of aromatic hydroxyl groups is 1. The molecular formula is C28H33N5O6. The third-order valence-corrected chi connectivity index (χ3v) is 6.16. The molecule has 1 aliphatic heterocycles. The van der Waals surface area contributed by atoms with Gasteiger partial charge in [0.15, 0.2) is 17.4 Å². The molecule has 2 aromatic carbocycles. The number of phenolic OH excluding ortho intramolecular Hbond substituents is 1. The van der Waals surface area contributed by atoms with Gasteiger partial charge in [-0.15, -0.1) is 0 Å². The minimum Gasteiger partial charge on any atom is -0.508 e. The predicted molar refractivity (Wildman–Crippen MR) is 146 cm³/mol. The maximum Gasteiger partial charge on any atom is 0.303 e. The zero-order valence-electron chi connectivity index (χ0n) is 22.1. The number of hydrogen-bond acceptors (Lipinski definition) is 8. The molecule has 6 N–H and O–H groups in total. The standard InChI is InChI=1S/C28H33N5O6/c1-28(2,3)19-5-16(6-20(11-19)29-4)17(10-25(37)38)8-23(35)13-30-26(39)18-7-21(12-22(34)9-18)33-27-31-14-24(36)15-32-27/h5-7,9,11-12,17,24,34,36H,8,10,13-15H2,1-3H3,(H,30,39)(H,37,38)(H2,31,32,33)/t17-/m0/s1. The first-order valence-electron chi connectivity index (χ1n) is 12.5. The van der Waals surface area contributed by atoms with Crippen LogP contribution in [0.2, 0.25) is 0 Å². The number of rotatable bonds is 9. The van der Waals surface area contributed by atoms with Gasteiger partial charge in [0, 0.05) is 36.2 Å². The summed E-state index contributed by atoms with van der Waals surface area (Å²) in [5.41, 5.74) is 2.02. The van der Waals surface area contributed by atoms with Gasteiger partial charge in [-0.25, -0.2) is 4.85 Å². The molecule has 0 bridgehead atoms. The van der Waals surface area contributed by atoms with Gasteiger partial charge in [0.2, 0.25) is 0 Å². The van der Waals surface area contributed by atoms with Crippen molar-refractivity contribution in [1.82, 2.24) is 10.6 Å². The summed E-state index contributed by atoms with van der Waals surface area (Å²) in [6.07, 6.45) is -1.03. The van der Waals surface area contributed by atoms with Crippen molar-refractivity contribution in [1.29, 1.82) is 0 Å². The summed E-state index contributed by atoms with van der Waals surface area (Å²) in [7, 11) is 0. The molecule has 1 aliphatic rings. The molecule has 0 aromatic heterocycles. The van der Waals surface area contributed by atoms with Gasteiger partial charge < -0.3 is 31.3 Å². The number of benzene rings is 2. The number of aliphatic hydroxyl groups is 1. The van der Waals surface area contributed by atoms with E-state index in [1.54, 1.807) is 12.1 Å². The van der Waals surface area contributed by atoms with E-state index >= 15 is 0 Å². The second-order valence-electron chi connectivity index (χ2n) is 10.5. The van der Waals surface area contributed by atoms with Crippen molar-refractivity contribution in [2.24, 2.45) is 4.99 Å². The monoisotopic (exact) mass is 535 g/mol. The van der Waals surface area contributed by atoms with Crippen LogP contribution >= 0.6 is 0 Å². The molecule has 0 aliphatic carbocycles. The number of phenols is 1. The summed E-state index contributed by atoms with van der Waals surface area (Å²) in [4.78, 5) is 44.8. The van der Waals surface area contributed by atoms with Crippen molar-refractivity contribution in [3.63, 3.8) is 0 Å². The van der Waals surface area contributed by atoms with Crippen LogP contribution < -0.4 is 16.0 Å². The number of ketones is 1. The van der Waals surface area contributed by atoms with Crippen LogP contribution in [0.25, 0.3) is 4.85 Å². The van der Waals surface area contributed by atoms with Crippen molar-refractivity contribution < 1.29 is 29.7 Å². The Bertz CT molecular complexity index is 1320. The molecule has 2 aromatic rings. The number of hydrogen-bond donors (Lipinski definition) is 6. The van der Waals surface area contributed by atoms with E-state index in [2.05, 4.69) is 25.8 Å². The lowest BCUT2D eigenvalue weighted by Crippen LogP contribution is -2.42. The number of β-amino-alcohol motifs (C(OH)–C–C–N with tert-alkyl or cyclic N) is 1. The zero-order chi connectivity index (χ0) is 28.7. The highest BCUT2D eigenvalue weighted by molar-refractivity contribution is 6.00. The summed E-state index contributed by atoms with van der Waals surface area (Å²) in [6.45, 7) is 13.6. The van der Waals surface area contributed by atoms with Gasteiger partial charge in [0.1, 0.15) is 5.75 Å². The fourth-order valence-electron chi connectivity index (χ4n) is 4.08. The highest BCUT2D eigenvalue weighted by Gasteiger charge is 2.23. The van der Waals surface area contributed by atoms with Gasteiger partial charge in [-0.3, -0.25) is 19.4 Å². The largest absolute Gasteiger partial charge is 0.508 e. The lowest BCUT2D eigenvalue weighted by Gasteiger charge is -2.23. The molecule has 1 unspecified atom stereocenters. The van der Waals surface area contributed by atoms with E-state index in [0.717, 1.165) is 5.56 Å². The number of carbonyl (C=O) groups is 3. The third kappa shape index (κ3) is 8.55. The summed E-state index contributed by atoms with van der Waals surface area (Å²) in [5, 5.41) is 37.4. The molecule has 11 heteroatoms. The molecule has 0 spiro atoms. The Kier molecular flexibility index (Phi) is 9.27. The van der Waals surface area contributed by atoms with Crippen molar-refractivity contribution >= 4 is 35.0 Å². The SMILES string of the molecule is [C-]#[N+]c1cc([C@H](CC(=O)O)CC(=O)CNC(=O)c2cc(O)cc(NC3=NCC(O)CN3)c2)cc(C(C)(C)C)c1. The average Bonchev–Trinajstić information content (AvgIpc) is 2.86. The number of anilines is 1. The number of carboxylic acid groups (broad SMARTS) is 1. The number of aliphatic imine (C=N–C) groups is 1. The van der Waals surface area contributed by atoms with Gasteiger partial charge in [-0.05, 0) is 17.5 Å². The maximum absolute atomic E-state index is 12.8. The van der Waals surface area contributed by atoms with E-state index in [4.69, 9.17) is 6.57 Å². The van der Waals surface area contributed by atoms with Crippen LogP contribution in [0.15, 0.2) is 41.4 Å². The zero-order valence-corrected chi connectivity index (χ0v) is 22.1. The van der Waals surface area contributed by atoms with Gasteiger partial charge in [-0.2, -0.15) is 0 Å². The number of aliphatic hydroxyl groups excluding tert-OH is 1. The number of guanidine groups is 1. The molecule has 11 nitrogen and oxygen atoms in total. The number of aliphatic carboxylic acids is 1. The molecule has 0 saturated carbocycles. The molecule has 0 fully saturated rings. The lowest BCUT2D eigenvalue weighted by molar-refractivity contribution is -0.137. The Morgan fingerprint density at radius 3 is 2.51 bits per heavy atom. The Labute approximate surface area is 226 Å². The minimum atomic E-state index is -1.08. The van der Waals surface area contributed by atoms with Crippen LogP contribution in [0.5, 0.6) is 5.75 Å². The van der Waals surface area contributed by atoms with E-state index < -0.39 is 23.9 Å². The van der Waals surface area contributed by atoms with Crippen LogP contribution in [-0.4, -0.2) is 64.7 Å². The fourth-order valence-corrected chi connectivity index (χ4v) is 4.08. The highest BCUT2D eigenvalue weighted by Crippen LogP contribution is 2.33. The highest BCUT2D eigenvalue weighted by atomic mass is 16.4. The first-order chi connectivity index (χ1) is 18.3. The van der Waals surface area contributed by atoms with Crippen molar-refractivity contribution in [3.05, 3.63) is 64.5 Å². The predicted octanol–water partition coefficient (Wildman–Crippen LogP) is 2.92. The van der Waals surface area contributed by atoms with Gasteiger partial charge in [0.25, 0.3) is 5.91 Å². The van der Waals surface area contributed by atoms with Gasteiger partial charge in [-0.1, -0.05) is 50.1 Å². The van der Waals surface area contributed by atoms with E-state index in [0.29, 0.717) is 29.4 Å². The van der Waals surface area contributed by atoms with Gasteiger partial charge >= 0.3 is 5.97 Å². The van der Waals surface area contributed by atoms with Crippen LogP contribution in [0, 0.1) is 6.57 Å². The fraction of sp³-hybridized carbons (Fsp3) is 0.393. The van der Waals surface area contributed by atoms with Gasteiger partial charge in [0.05, 0.1) is 32.2 Å². The van der Waals surface area contributed by atoms with Crippen LogP contribution in [-0.2, 0) is 15.0 Å². The van der Waals surface area contributed by atoms with Crippen LogP contribution in [0.3, 0.4) is 0 Å². The molecular weight excluding hydrogens is 502 g/mol. The number of Topliss-reactive ketones (excluding diaryl/α,β-unsaturated/α-hetero) is 1. The number of nitrogens with zero attached hydrogens (tertiary/aromatic N) is 2. The van der Waals surface area contributed by atoms with Crippen molar-refractivity contribution in [3.8, 4) is 5.75 Å². The summed E-state index contributed by atoms with van der Waals surface area (Å²) in [5.74, 6) is -2.52. The maximum atomic E-state index is 12.8. The number of nitrogens with one attached hydrogen (secondary N) is 3. The molecule has 0 radical (unpaired) electrons. The van der Waals surface area contributed by atoms with Crippen LogP contribution in [0.4, 0.5) is 11.4 Å². The lowest BCUT2D eigenvalue weighted by atomic mass is 9.82. The van der Waals surface area contributed by atoms with E-state index in [1.807, 2.05) is 26.8 Å². The second-order valence-corrected chi connectivity index (χ2v) is 10.5. The van der Waals surface area contributed by atoms with Crippen molar-refractivity contribution in [2.45, 2.75) is 51.0 Å². The minimum absolute atomic E-state index is 0.100. The first-order valence-corrected chi connectivity index (χ1v) is 12.5. The molecule has 3 rings (SSSR count). The smallest absolute Gasteiger partial charge is 0.303 e. The molecule has 2 atom stereocenters. The van der Waals surface area contributed by atoms with Crippen LogP contribution in [0.1, 0.15) is 61.0 Å². The topological polar surface area (TPSA) is 165 Å². The molecule has 1 amide bonds. The average molecular weight is 536 g/mol. The number of carboxylic acids is 1. The second kappa shape index (κ2) is 12.4. The molecule has 0 saturated heterocycles. The summed E-state index contributed by atoms with van der Waals surface area (Å²) < 4.78 is 0.